The Hall–Kier alpha value is -3.18. The first kappa shape index (κ1) is 42.8. The maximum Gasteiger partial charge on any atom is 0.305 e. The first-order chi connectivity index (χ1) is 22.6. The van der Waals surface area contributed by atoms with E-state index in [0.29, 0.717) is 19.3 Å². The molecule has 0 aromatic heterocycles. The number of aliphatic hydroxyl groups is 1. The molecule has 0 heterocycles. The van der Waals surface area contributed by atoms with Crippen LogP contribution in [0.5, 0.6) is 0 Å². The van der Waals surface area contributed by atoms with E-state index in [4.69, 9.17) is 9.47 Å². The van der Waals surface area contributed by atoms with Gasteiger partial charge in [-0.05, 0) is 83.5 Å². The van der Waals surface area contributed by atoms with Crippen molar-refractivity contribution in [2.75, 3.05) is 13.2 Å². The normalized spacial score (nSPS) is 13.4. The molecule has 1 N–H and O–H groups in total. The molecule has 258 valence electrons. The molecule has 0 rings (SSSR count). The third-order valence-corrected chi connectivity index (χ3v) is 6.81. The highest BCUT2D eigenvalue weighted by molar-refractivity contribution is 5.69. The summed E-state index contributed by atoms with van der Waals surface area (Å²) in [6.45, 7) is 3.98. The molecule has 0 saturated carbocycles. The van der Waals surface area contributed by atoms with E-state index in [9.17, 15) is 14.7 Å². The number of hydrogen-bond acceptors (Lipinski definition) is 5. The first-order valence-corrected chi connectivity index (χ1v) is 17.8. The van der Waals surface area contributed by atoms with Gasteiger partial charge < -0.3 is 14.6 Å². The fourth-order valence-electron chi connectivity index (χ4n) is 4.19. The molecule has 0 aromatic carbocycles. The summed E-state index contributed by atoms with van der Waals surface area (Å²) in [5.41, 5.74) is 0. The highest BCUT2D eigenvalue weighted by atomic mass is 16.6. The van der Waals surface area contributed by atoms with Crippen molar-refractivity contribution in [3.63, 3.8) is 0 Å². The lowest BCUT2D eigenvalue weighted by Crippen LogP contribution is -2.25. The van der Waals surface area contributed by atoms with Crippen molar-refractivity contribution in [1.29, 1.82) is 0 Å². The number of carbonyl (C=O) groups excluding carboxylic acids is 2. The van der Waals surface area contributed by atoms with Crippen molar-refractivity contribution in [3.8, 4) is 0 Å². The van der Waals surface area contributed by atoms with Gasteiger partial charge in [0, 0.05) is 12.8 Å². The van der Waals surface area contributed by atoms with E-state index >= 15 is 0 Å². The van der Waals surface area contributed by atoms with Crippen LogP contribution < -0.4 is 0 Å². The fourth-order valence-corrected chi connectivity index (χ4v) is 4.19. The quantitative estimate of drug-likeness (QED) is 0.0482. The number of aliphatic hydroxyl groups excluding tert-OH is 1. The highest BCUT2D eigenvalue weighted by Gasteiger charge is 2.11. The number of carbonyl (C=O) groups is 2. The van der Waals surface area contributed by atoms with Crippen LogP contribution in [0.15, 0.2) is 97.2 Å². The van der Waals surface area contributed by atoms with Gasteiger partial charge >= 0.3 is 11.9 Å². The molecule has 5 heteroatoms. The van der Waals surface area contributed by atoms with Gasteiger partial charge in [-0.15, -0.1) is 0 Å². The highest BCUT2D eigenvalue weighted by Crippen LogP contribution is 2.09. The van der Waals surface area contributed by atoms with Crippen LogP contribution in [-0.2, 0) is 19.1 Å². The summed E-state index contributed by atoms with van der Waals surface area (Å²) in [6.07, 6.45) is 50.3. The minimum Gasteiger partial charge on any atom is -0.463 e. The van der Waals surface area contributed by atoms with Gasteiger partial charge in [-0.25, -0.2) is 0 Å². The molecule has 5 nitrogen and oxygen atoms in total. The number of rotatable bonds is 30. The molecule has 0 unspecified atom stereocenters. The molecule has 0 aliphatic heterocycles. The zero-order valence-corrected chi connectivity index (χ0v) is 29.0. The van der Waals surface area contributed by atoms with Crippen LogP contribution in [0.4, 0.5) is 0 Å². The summed E-state index contributed by atoms with van der Waals surface area (Å²) in [7, 11) is 0. The maximum atomic E-state index is 11.9. The second-order valence-corrected chi connectivity index (χ2v) is 11.2. The van der Waals surface area contributed by atoms with Gasteiger partial charge in [0.2, 0.25) is 0 Å². The molecule has 0 saturated heterocycles. The molecular weight excluding hydrogens is 572 g/mol. The average Bonchev–Trinajstić information content (AvgIpc) is 3.06. The standard InChI is InChI=1S/C41H64O5/c1-3-5-7-9-11-13-15-17-19-20-22-24-26-28-30-32-34-36-41(44)46-38-39(42)37-45-40(43)35-33-31-29-27-25-23-21-18-16-14-12-10-8-6-4-2/h5-8,11-14,17-19,21-22,24,28,30,39,42H,3-4,9-10,15-16,20,23,25-27,29,31-38H2,1-2H3/b7-5-,8-6-,13-11-,14-12-,19-17-,21-18-,24-22-,30-28-/t39-/m1/s1. The zero-order chi connectivity index (χ0) is 33.6. The number of ether oxygens (including phenoxy) is 2. The van der Waals surface area contributed by atoms with Crippen molar-refractivity contribution >= 4 is 11.9 Å². The molecule has 1 atom stereocenters. The summed E-state index contributed by atoms with van der Waals surface area (Å²) < 4.78 is 10.2. The lowest BCUT2D eigenvalue weighted by atomic mass is 10.1. The fraction of sp³-hybridized carbons (Fsp3) is 0.561. The number of allylic oxidation sites excluding steroid dienone is 16. The molecule has 0 radical (unpaired) electrons. The van der Waals surface area contributed by atoms with E-state index in [-0.39, 0.29) is 25.2 Å². The van der Waals surface area contributed by atoms with Gasteiger partial charge in [-0.3, -0.25) is 9.59 Å². The van der Waals surface area contributed by atoms with Crippen LogP contribution in [0.25, 0.3) is 0 Å². The van der Waals surface area contributed by atoms with Gasteiger partial charge in [0.05, 0.1) is 0 Å². The van der Waals surface area contributed by atoms with Gasteiger partial charge in [-0.2, -0.15) is 0 Å². The third-order valence-electron chi connectivity index (χ3n) is 6.81. The summed E-state index contributed by atoms with van der Waals surface area (Å²) in [5, 5.41) is 9.98. The van der Waals surface area contributed by atoms with E-state index in [1.54, 1.807) is 0 Å². The molecular formula is C41H64O5. The molecule has 0 spiro atoms. The minimum absolute atomic E-state index is 0.150. The number of unbranched alkanes of at least 4 members (excludes halogenated alkanes) is 6. The van der Waals surface area contributed by atoms with Crippen molar-refractivity contribution in [3.05, 3.63) is 97.2 Å². The van der Waals surface area contributed by atoms with Crippen molar-refractivity contribution in [2.45, 2.75) is 136 Å². The molecule has 0 bridgehead atoms. The van der Waals surface area contributed by atoms with Gasteiger partial charge in [-0.1, -0.05) is 130 Å². The zero-order valence-electron chi connectivity index (χ0n) is 29.0. The van der Waals surface area contributed by atoms with Gasteiger partial charge in [0.1, 0.15) is 19.3 Å². The average molecular weight is 637 g/mol. The Morgan fingerprint density at radius 3 is 1.22 bits per heavy atom. The van der Waals surface area contributed by atoms with Crippen molar-refractivity contribution in [2.24, 2.45) is 0 Å². The van der Waals surface area contributed by atoms with Crippen LogP contribution in [0.1, 0.15) is 129 Å². The Bertz CT molecular complexity index is 948. The Labute approximate surface area is 281 Å². The summed E-state index contributed by atoms with van der Waals surface area (Å²) in [5.74, 6) is -0.663. The van der Waals surface area contributed by atoms with Crippen LogP contribution in [0.3, 0.4) is 0 Å². The first-order valence-electron chi connectivity index (χ1n) is 17.8. The smallest absolute Gasteiger partial charge is 0.305 e. The van der Waals surface area contributed by atoms with E-state index < -0.39 is 6.10 Å². The van der Waals surface area contributed by atoms with E-state index in [1.807, 2.05) is 0 Å². The second kappa shape index (κ2) is 36.3. The molecule has 46 heavy (non-hydrogen) atoms. The Morgan fingerprint density at radius 1 is 0.457 bits per heavy atom. The summed E-state index contributed by atoms with van der Waals surface area (Å²) in [6, 6.07) is 0. The lowest BCUT2D eigenvalue weighted by Gasteiger charge is -2.12. The van der Waals surface area contributed by atoms with E-state index in [2.05, 4.69) is 111 Å². The monoisotopic (exact) mass is 636 g/mol. The predicted molar refractivity (Wildman–Crippen MR) is 195 cm³/mol. The number of esters is 2. The van der Waals surface area contributed by atoms with Crippen LogP contribution >= 0.6 is 0 Å². The Kier molecular flexibility index (Phi) is 33.8. The van der Waals surface area contributed by atoms with Gasteiger partial charge in [0.25, 0.3) is 0 Å². The van der Waals surface area contributed by atoms with Crippen LogP contribution in [-0.4, -0.2) is 36.4 Å². The van der Waals surface area contributed by atoms with Crippen molar-refractivity contribution in [1.82, 2.24) is 0 Å². The summed E-state index contributed by atoms with van der Waals surface area (Å²) in [4.78, 5) is 23.8. The Morgan fingerprint density at radius 2 is 0.783 bits per heavy atom. The molecule has 0 aliphatic rings. The largest absolute Gasteiger partial charge is 0.463 e. The molecule has 0 amide bonds. The van der Waals surface area contributed by atoms with Crippen LogP contribution in [0.2, 0.25) is 0 Å². The Balaban J connectivity index is 3.62. The SMILES string of the molecule is CC/C=C\C/C=C\C/C=C\C/C=C\C/C=C\CCCC(=O)OC[C@H](O)COC(=O)CCCCCCC/C=C\C/C=C\C/C=C\CC. The van der Waals surface area contributed by atoms with E-state index in [0.717, 1.165) is 96.3 Å². The minimum atomic E-state index is -1.000. The predicted octanol–water partition coefficient (Wildman–Crippen LogP) is 10.9. The molecule has 0 aromatic rings. The van der Waals surface area contributed by atoms with Crippen molar-refractivity contribution < 1.29 is 24.2 Å². The maximum absolute atomic E-state index is 11.9. The van der Waals surface area contributed by atoms with E-state index in [1.165, 1.54) is 0 Å². The summed E-state index contributed by atoms with van der Waals surface area (Å²) >= 11 is 0. The lowest BCUT2D eigenvalue weighted by molar-refractivity contribution is -0.152. The van der Waals surface area contributed by atoms with Gasteiger partial charge in [0.15, 0.2) is 0 Å². The second-order valence-electron chi connectivity index (χ2n) is 11.2. The topological polar surface area (TPSA) is 72.8 Å². The molecule has 0 fully saturated rings. The number of hydrogen-bond donors (Lipinski definition) is 1. The molecule has 0 aliphatic carbocycles. The van der Waals surface area contributed by atoms with Crippen LogP contribution in [0, 0.1) is 0 Å². The third kappa shape index (κ3) is 35.3.